The monoisotopic (exact) mass is 263 g/mol. The molecule has 1 heterocycles. The van der Waals surface area contributed by atoms with Gasteiger partial charge in [-0.3, -0.25) is 4.79 Å². The molecular weight excluding hydrogens is 253 g/mol. The summed E-state index contributed by atoms with van der Waals surface area (Å²) < 4.78 is 2.82. The summed E-state index contributed by atoms with van der Waals surface area (Å²) in [5.41, 5.74) is 0.0698. The Morgan fingerprint density at radius 1 is 1.45 bits per heavy atom. The van der Waals surface area contributed by atoms with E-state index in [1.54, 1.807) is 10.6 Å². The van der Waals surface area contributed by atoms with Gasteiger partial charge >= 0.3 is 0 Å². The average molecular weight is 263 g/mol. The topological polar surface area (TPSA) is 22.0 Å². The highest BCUT2D eigenvalue weighted by molar-refractivity contribution is 14.1. The predicted molar refractivity (Wildman–Crippen MR) is 53.8 cm³/mol. The van der Waals surface area contributed by atoms with Crippen LogP contribution in [-0.4, -0.2) is 4.57 Å². The zero-order valence-corrected chi connectivity index (χ0v) is 8.70. The van der Waals surface area contributed by atoms with Crippen LogP contribution in [0, 0.1) is 3.57 Å². The third-order valence-electron chi connectivity index (χ3n) is 1.46. The molecule has 0 aromatic carbocycles. The molecule has 0 amide bonds. The van der Waals surface area contributed by atoms with Gasteiger partial charge in [-0.25, -0.2) is 0 Å². The molecular formula is C8H10INO. The van der Waals surface area contributed by atoms with E-state index in [-0.39, 0.29) is 11.6 Å². The zero-order chi connectivity index (χ0) is 8.43. The van der Waals surface area contributed by atoms with E-state index >= 15 is 0 Å². The van der Waals surface area contributed by atoms with Crippen LogP contribution in [-0.2, 0) is 0 Å². The molecule has 0 unspecified atom stereocenters. The molecule has 0 aliphatic rings. The Balaban J connectivity index is 3.24. The molecule has 2 nitrogen and oxygen atoms in total. The van der Waals surface area contributed by atoms with Gasteiger partial charge in [0.1, 0.15) is 0 Å². The molecule has 0 radical (unpaired) electrons. The van der Waals surface area contributed by atoms with Crippen molar-refractivity contribution in [1.82, 2.24) is 4.57 Å². The highest BCUT2D eigenvalue weighted by atomic mass is 127. The average Bonchev–Trinajstić information content (AvgIpc) is 1.94. The van der Waals surface area contributed by atoms with E-state index in [9.17, 15) is 4.79 Å². The molecule has 0 spiro atoms. The van der Waals surface area contributed by atoms with Gasteiger partial charge in [0.25, 0.3) is 5.56 Å². The SMILES string of the molecule is CC(C)n1cc(I)ccc1=O. The van der Waals surface area contributed by atoms with Crippen molar-refractivity contribution in [2.24, 2.45) is 0 Å². The number of aromatic nitrogens is 1. The second-order valence-corrected chi connectivity index (χ2v) is 3.93. The van der Waals surface area contributed by atoms with Crippen molar-refractivity contribution in [3.8, 4) is 0 Å². The van der Waals surface area contributed by atoms with E-state index in [1.807, 2.05) is 26.1 Å². The minimum absolute atomic E-state index is 0.0698. The van der Waals surface area contributed by atoms with E-state index < -0.39 is 0 Å². The van der Waals surface area contributed by atoms with Gasteiger partial charge in [-0.1, -0.05) is 0 Å². The number of halogens is 1. The fourth-order valence-electron chi connectivity index (χ4n) is 0.880. The molecule has 0 N–H and O–H groups in total. The third kappa shape index (κ3) is 2.05. The largest absolute Gasteiger partial charge is 0.312 e. The minimum Gasteiger partial charge on any atom is -0.312 e. The molecule has 1 aromatic heterocycles. The minimum atomic E-state index is 0.0698. The highest BCUT2D eigenvalue weighted by Gasteiger charge is 1.99. The standard InChI is InChI=1S/C8H10INO/c1-6(2)10-5-7(9)3-4-8(10)11/h3-6H,1-2H3. The van der Waals surface area contributed by atoms with Crippen molar-refractivity contribution in [3.63, 3.8) is 0 Å². The van der Waals surface area contributed by atoms with Crippen LogP contribution in [0.3, 0.4) is 0 Å². The summed E-state index contributed by atoms with van der Waals surface area (Å²) in [6.45, 7) is 4.00. The third-order valence-corrected chi connectivity index (χ3v) is 2.10. The lowest BCUT2D eigenvalue weighted by atomic mass is 10.3. The van der Waals surface area contributed by atoms with Crippen LogP contribution in [0.4, 0.5) is 0 Å². The van der Waals surface area contributed by atoms with Crippen molar-refractivity contribution in [2.75, 3.05) is 0 Å². The Kier molecular flexibility index (Phi) is 2.70. The normalized spacial score (nSPS) is 10.5. The number of pyridine rings is 1. The van der Waals surface area contributed by atoms with Crippen LogP contribution in [0.5, 0.6) is 0 Å². The molecule has 1 aromatic rings. The molecule has 0 saturated heterocycles. The van der Waals surface area contributed by atoms with E-state index in [1.165, 1.54) is 0 Å². The fourth-order valence-corrected chi connectivity index (χ4v) is 1.36. The summed E-state index contributed by atoms with van der Waals surface area (Å²) in [6, 6.07) is 3.67. The number of hydrogen-bond acceptors (Lipinski definition) is 1. The second-order valence-electron chi connectivity index (χ2n) is 2.69. The van der Waals surface area contributed by atoms with Crippen molar-refractivity contribution < 1.29 is 0 Å². The van der Waals surface area contributed by atoms with Crippen LogP contribution in [0.2, 0.25) is 0 Å². The molecule has 60 valence electrons. The van der Waals surface area contributed by atoms with Gasteiger partial charge in [-0.2, -0.15) is 0 Å². The van der Waals surface area contributed by atoms with Gasteiger partial charge in [-0.05, 0) is 42.5 Å². The Bertz CT molecular complexity index is 303. The number of hydrogen-bond donors (Lipinski definition) is 0. The summed E-state index contributed by atoms with van der Waals surface area (Å²) in [7, 11) is 0. The Labute approximate surface area is 79.4 Å². The summed E-state index contributed by atoms with van der Waals surface area (Å²) in [5.74, 6) is 0. The van der Waals surface area contributed by atoms with Crippen LogP contribution in [0.15, 0.2) is 23.1 Å². The van der Waals surface area contributed by atoms with Gasteiger partial charge in [0, 0.05) is 21.9 Å². The van der Waals surface area contributed by atoms with Gasteiger partial charge in [0.05, 0.1) is 0 Å². The lowest BCUT2D eigenvalue weighted by molar-refractivity contribution is 0.576. The fraction of sp³-hybridized carbons (Fsp3) is 0.375. The van der Waals surface area contributed by atoms with Crippen molar-refractivity contribution in [1.29, 1.82) is 0 Å². The molecule has 3 heteroatoms. The van der Waals surface area contributed by atoms with Crippen LogP contribution < -0.4 is 5.56 Å². The highest BCUT2D eigenvalue weighted by Crippen LogP contribution is 2.04. The Morgan fingerprint density at radius 2 is 2.09 bits per heavy atom. The van der Waals surface area contributed by atoms with E-state index in [0.717, 1.165) is 3.57 Å². The molecule has 0 saturated carbocycles. The first-order valence-corrected chi connectivity index (χ1v) is 4.57. The molecule has 0 atom stereocenters. The Morgan fingerprint density at radius 3 is 2.55 bits per heavy atom. The van der Waals surface area contributed by atoms with Gasteiger partial charge in [-0.15, -0.1) is 0 Å². The van der Waals surface area contributed by atoms with Gasteiger partial charge < -0.3 is 4.57 Å². The van der Waals surface area contributed by atoms with E-state index in [0.29, 0.717) is 0 Å². The second kappa shape index (κ2) is 3.38. The predicted octanol–water partition coefficient (Wildman–Crippen LogP) is 2.03. The summed E-state index contributed by atoms with van der Waals surface area (Å²) in [6.07, 6.45) is 1.87. The van der Waals surface area contributed by atoms with Crippen LogP contribution >= 0.6 is 22.6 Å². The maximum atomic E-state index is 11.2. The zero-order valence-electron chi connectivity index (χ0n) is 6.54. The first-order chi connectivity index (χ1) is 5.11. The van der Waals surface area contributed by atoms with E-state index in [2.05, 4.69) is 22.6 Å². The molecule has 0 fully saturated rings. The smallest absolute Gasteiger partial charge is 0.250 e. The van der Waals surface area contributed by atoms with Crippen LogP contribution in [0.1, 0.15) is 19.9 Å². The lowest BCUT2D eigenvalue weighted by Gasteiger charge is -2.08. The van der Waals surface area contributed by atoms with Gasteiger partial charge in [0.2, 0.25) is 0 Å². The lowest BCUT2D eigenvalue weighted by Crippen LogP contribution is -2.20. The van der Waals surface area contributed by atoms with Crippen molar-refractivity contribution >= 4 is 22.6 Å². The van der Waals surface area contributed by atoms with Gasteiger partial charge in [0.15, 0.2) is 0 Å². The molecule has 0 aliphatic heterocycles. The molecule has 0 aliphatic carbocycles. The van der Waals surface area contributed by atoms with Crippen LogP contribution in [0.25, 0.3) is 0 Å². The maximum absolute atomic E-state index is 11.2. The van der Waals surface area contributed by atoms with E-state index in [4.69, 9.17) is 0 Å². The quantitative estimate of drug-likeness (QED) is 0.710. The van der Waals surface area contributed by atoms with Crippen molar-refractivity contribution in [2.45, 2.75) is 19.9 Å². The number of rotatable bonds is 1. The summed E-state index contributed by atoms with van der Waals surface area (Å²) in [5, 5.41) is 0. The first-order valence-electron chi connectivity index (χ1n) is 3.49. The summed E-state index contributed by atoms with van der Waals surface area (Å²) >= 11 is 2.20. The summed E-state index contributed by atoms with van der Waals surface area (Å²) in [4.78, 5) is 11.2. The number of nitrogens with zero attached hydrogens (tertiary/aromatic N) is 1. The molecule has 11 heavy (non-hydrogen) atoms. The van der Waals surface area contributed by atoms with Crippen molar-refractivity contribution in [3.05, 3.63) is 32.3 Å². The first kappa shape index (κ1) is 8.77. The molecule has 1 rings (SSSR count). The Hall–Kier alpha value is -0.320. The maximum Gasteiger partial charge on any atom is 0.250 e. The molecule has 0 bridgehead atoms.